The summed E-state index contributed by atoms with van der Waals surface area (Å²) in [5.41, 5.74) is 5.35. The normalized spacial score (nSPS) is 16.5. The fourth-order valence-corrected chi connectivity index (χ4v) is 4.17. The Kier molecular flexibility index (Phi) is 7.20. The fraction of sp³-hybridized carbons (Fsp3) is 0.296. The lowest BCUT2D eigenvalue weighted by molar-refractivity contribution is 0.0950. The van der Waals surface area contributed by atoms with Crippen LogP contribution >= 0.6 is 0 Å². The van der Waals surface area contributed by atoms with Crippen LogP contribution in [0.25, 0.3) is 11.1 Å². The highest BCUT2D eigenvalue weighted by atomic mass is 16.5. The van der Waals surface area contributed by atoms with Crippen molar-refractivity contribution in [2.75, 3.05) is 26.7 Å². The number of nitrogens with zero attached hydrogens (tertiary/aromatic N) is 1. The van der Waals surface area contributed by atoms with Crippen molar-refractivity contribution in [1.29, 1.82) is 0 Å². The molecule has 0 aromatic heterocycles. The molecule has 1 unspecified atom stereocenters. The highest BCUT2D eigenvalue weighted by Gasteiger charge is 2.15. The lowest BCUT2D eigenvalue weighted by atomic mass is 10.0. The number of hydrogen-bond acceptors (Lipinski definition) is 4. The average Bonchev–Trinajstić information content (AvgIpc) is 2.83. The SMILES string of the molecule is COc1cccc(C(=O)NCc2cccc(-c3cccc(CN4CCNC(C)C4)c3)c2)c1. The molecule has 0 radical (unpaired) electrons. The monoisotopic (exact) mass is 429 g/mol. The number of piperazine rings is 1. The number of benzene rings is 3. The zero-order valence-electron chi connectivity index (χ0n) is 18.8. The van der Waals surface area contributed by atoms with E-state index in [4.69, 9.17) is 4.74 Å². The Bertz CT molecular complexity index is 1070. The Balaban J connectivity index is 1.42. The quantitative estimate of drug-likeness (QED) is 0.594. The van der Waals surface area contributed by atoms with Crippen molar-refractivity contribution < 1.29 is 9.53 Å². The maximum Gasteiger partial charge on any atom is 0.251 e. The van der Waals surface area contributed by atoms with Gasteiger partial charge in [0.25, 0.3) is 5.91 Å². The van der Waals surface area contributed by atoms with E-state index in [9.17, 15) is 4.79 Å². The van der Waals surface area contributed by atoms with Crippen LogP contribution in [-0.4, -0.2) is 43.6 Å². The summed E-state index contributed by atoms with van der Waals surface area (Å²) in [7, 11) is 1.60. The van der Waals surface area contributed by atoms with Gasteiger partial charge >= 0.3 is 0 Å². The van der Waals surface area contributed by atoms with Gasteiger partial charge in [0.05, 0.1) is 7.11 Å². The molecule has 1 heterocycles. The molecule has 2 N–H and O–H groups in total. The first-order valence-corrected chi connectivity index (χ1v) is 11.2. The van der Waals surface area contributed by atoms with E-state index in [0.717, 1.165) is 37.3 Å². The molecule has 166 valence electrons. The van der Waals surface area contributed by atoms with E-state index in [0.29, 0.717) is 23.9 Å². The van der Waals surface area contributed by atoms with Crippen LogP contribution in [0.1, 0.15) is 28.4 Å². The lowest BCUT2D eigenvalue weighted by Crippen LogP contribution is -2.48. The molecule has 0 saturated carbocycles. The van der Waals surface area contributed by atoms with Crippen molar-refractivity contribution in [1.82, 2.24) is 15.5 Å². The number of nitrogens with one attached hydrogen (secondary N) is 2. The molecule has 1 aliphatic rings. The molecular formula is C27H31N3O2. The molecule has 1 atom stereocenters. The third-order valence-electron chi connectivity index (χ3n) is 5.83. The summed E-state index contributed by atoms with van der Waals surface area (Å²) in [5.74, 6) is 0.566. The number of carbonyl (C=O) groups excluding carboxylic acids is 1. The van der Waals surface area contributed by atoms with Crippen LogP contribution in [0.3, 0.4) is 0 Å². The second-order valence-electron chi connectivity index (χ2n) is 8.41. The van der Waals surface area contributed by atoms with Crippen LogP contribution in [0.15, 0.2) is 72.8 Å². The number of carbonyl (C=O) groups is 1. The van der Waals surface area contributed by atoms with Gasteiger partial charge < -0.3 is 15.4 Å². The molecule has 1 amide bonds. The molecule has 0 aliphatic carbocycles. The Morgan fingerprint density at radius 3 is 2.50 bits per heavy atom. The van der Waals surface area contributed by atoms with Gasteiger partial charge in [0.15, 0.2) is 0 Å². The standard InChI is InChI=1S/C27H31N3O2/c1-20-18-30(13-12-28-20)19-22-7-4-9-24(15-22)23-8-3-6-21(14-23)17-29-27(31)25-10-5-11-26(16-25)32-2/h3-11,14-16,20,28H,12-13,17-19H2,1-2H3,(H,29,31). The molecular weight excluding hydrogens is 398 g/mol. The van der Waals surface area contributed by atoms with Crippen molar-refractivity contribution in [2.45, 2.75) is 26.1 Å². The Morgan fingerprint density at radius 1 is 1.03 bits per heavy atom. The van der Waals surface area contributed by atoms with Gasteiger partial charge in [-0.1, -0.05) is 42.5 Å². The van der Waals surface area contributed by atoms with Crippen molar-refractivity contribution >= 4 is 5.91 Å². The third-order valence-corrected chi connectivity index (χ3v) is 5.83. The Hall–Kier alpha value is -3.15. The van der Waals surface area contributed by atoms with Crippen LogP contribution in [0.5, 0.6) is 5.75 Å². The third kappa shape index (κ3) is 5.75. The minimum Gasteiger partial charge on any atom is -0.497 e. The molecule has 5 heteroatoms. The summed E-state index contributed by atoms with van der Waals surface area (Å²) < 4.78 is 5.21. The van der Waals surface area contributed by atoms with Gasteiger partial charge in [0.2, 0.25) is 0 Å². The second kappa shape index (κ2) is 10.4. The fourth-order valence-electron chi connectivity index (χ4n) is 4.17. The van der Waals surface area contributed by atoms with Gasteiger partial charge in [0.1, 0.15) is 5.75 Å². The Labute approximate surface area is 190 Å². The zero-order chi connectivity index (χ0) is 22.3. The molecule has 3 aromatic rings. The summed E-state index contributed by atoms with van der Waals surface area (Å²) in [4.78, 5) is 15.0. The van der Waals surface area contributed by atoms with Gasteiger partial charge in [-0.15, -0.1) is 0 Å². The van der Waals surface area contributed by atoms with Crippen LogP contribution in [0.4, 0.5) is 0 Å². The van der Waals surface area contributed by atoms with Crippen LogP contribution in [0, 0.1) is 0 Å². The molecule has 4 rings (SSSR count). The minimum absolute atomic E-state index is 0.110. The summed E-state index contributed by atoms with van der Waals surface area (Å²) >= 11 is 0. The van der Waals surface area contributed by atoms with Gasteiger partial charge in [-0.25, -0.2) is 0 Å². The van der Waals surface area contributed by atoms with E-state index >= 15 is 0 Å². The van der Waals surface area contributed by atoms with Gasteiger partial charge in [-0.05, 0) is 59.5 Å². The largest absolute Gasteiger partial charge is 0.497 e. The van der Waals surface area contributed by atoms with Crippen molar-refractivity contribution in [3.05, 3.63) is 89.5 Å². The van der Waals surface area contributed by atoms with Crippen molar-refractivity contribution in [2.24, 2.45) is 0 Å². The van der Waals surface area contributed by atoms with E-state index in [2.05, 4.69) is 58.9 Å². The van der Waals surface area contributed by atoms with E-state index in [1.807, 2.05) is 24.3 Å². The summed E-state index contributed by atoms with van der Waals surface area (Å²) in [6.45, 7) is 6.88. The van der Waals surface area contributed by atoms with E-state index in [1.54, 1.807) is 19.2 Å². The van der Waals surface area contributed by atoms with Crippen molar-refractivity contribution in [3.8, 4) is 16.9 Å². The van der Waals surface area contributed by atoms with Crippen LogP contribution < -0.4 is 15.4 Å². The minimum atomic E-state index is -0.110. The predicted molar refractivity (Wildman–Crippen MR) is 129 cm³/mol. The zero-order valence-corrected chi connectivity index (χ0v) is 18.8. The lowest BCUT2D eigenvalue weighted by Gasteiger charge is -2.31. The van der Waals surface area contributed by atoms with Crippen LogP contribution in [-0.2, 0) is 13.1 Å². The van der Waals surface area contributed by atoms with E-state index < -0.39 is 0 Å². The molecule has 32 heavy (non-hydrogen) atoms. The highest BCUT2D eigenvalue weighted by Crippen LogP contribution is 2.23. The summed E-state index contributed by atoms with van der Waals surface area (Å²) in [5, 5.41) is 6.51. The van der Waals surface area contributed by atoms with Gasteiger partial charge in [-0.2, -0.15) is 0 Å². The number of methoxy groups -OCH3 is 1. The first-order chi connectivity index (χ1) is 15.6. The molecule has 0 bridgehead atoms. The molecule has 1 saturated heterocycles. The maximum atomic E-state index is 12.5. The highest BCUT2D eigenvalue weighted by molar-refractivity contribution is 5.94. The topological polar surface area (TPSA) is 53.6 Å². The summed E-state index contributed by atoms with van der Waals surface area (Å²) in [6.07, 6.45) is 0. The molecule has 1 fully saturated rings. The number of ether oxygens (including phenoxy) is 1. The first-order valence-electron chi connectivity index (χ1n) is 11.2. The van der Waals surface area contributed by atoms with Crippen LogP contribution in [0.2, 0.25) is 0 Å². The van der Waals surface area contributed by atoms with E-state index in [1.165, 1.54) is 11.1 Å². The van der Waals surface area contributed by atoms with E-state index in [-0.39, 0.29) is 5.91 Å². The number of rotatable bonds is 7. The maximum absolute atomic E-state index is 12.5. The molecule has 5 nitrogen and oxygen atoms in total. The van der Waals surface area contributed by atoms with Crippen molar-refractivity contribution in [3.63, 3.8) is 0 Å². The average molecular weight is 430 g/mol. The molecule has 0 spiro atoms. The van der Waals surface area contributed by atoms with Gasteiger partial charge in [0, 0.05) is 44.3 Å². The number of hydrogen-bond donors (Lipinski definition) is 2. The molecule has 3 aromatic carbocycles. The first kappa shape index (κ1) is 22.1. The molecule has 1 aliphatic heterocycles. The smallest absolute Gasteiger partial charge is 0.251 e. The summed E-state index contributed by atoms with van der Waals surface area (Å²) in [6, 6.07) is 24.9. The Morgan fingerprint density at radius 2 is 1.75 bits per heavy atom. The number of amides is 1. The van der Waals surface area contributed by atoms with Gasteiger partial charge in [-0.3, -0.25) is 9.69 Å². The predicted octanol–water partition coefficient (Wildman–Crippen LogP) is 4.09. The second-order valence-corrected chi connectivity index (χ2v) is 8.41.